The SMILES string of the molecule is Cc1cccc(-c2nc(-c3ccccc3)c3cccc(Cl)c3n2)n1. The molecule has 0 atom stereocenters. The van der Waals surface area contributed by atoms with Gasteiger partial charge in [0, 0.05) is 16.6 Å². The molecule has 0 bridgehead atoms. The first-order valence-corrected chi connectivity index (χ1v) is 8.06. The molecular formula is C20H14ClN3. The minimum Gasteiger partial charge on any atom is -0.250 e. The Balaban J connectivity index is 2.05. The predicted octanol–water partition coefficient (Wildman–Crippen LogP) is 5.32. The molecule has 0 fully saturated rings. The van der Waals surface area contributed by atoms with Gasteiger partial charge in [0.2, 0.25) is 0 Å². The van der Waals surface area contributed by atoms with Crippen molar-refractivity contribution < 1.29 is 0 Å². The summed E-state index contributed by atoms with van der Waals surface area (Å²) in [5.74, 6) is 0.582. The Morgan fingerprint density at radius 2 is 1.54 bits per heavy atom. The molecular weight excluding hydrogens is 318 g/mol. The molecule has 2 aromatic carbocycles. The summed E-state index contributed by atoms with van der Waals surface area (Å²) in [6, 6.07) is 21.7. The van der Waals surface area contributed by atoms with Crippen molar-refractivity contribution in [2.24, 2.45) is 0 Å². The zero-order valence-electron chi connectivity index (χ0n) is 13.1. The molecule has 116 valence electrons. The van der Waals surface area contributed by atoms with Crippen LogP contribution in [0.15, 0.2) is 66.7 Å². The minimum atomic E-state index is 0.582. The van der Waals surface area contributed by atoms with Gasteiger partial charge < -0.3 is 0 Å². The lowest BCUT2D eigenvalue weighted by Gasteiger charge is -2.10. The van der Waals surface area contributed by atoms with Crippen LogP contribution in [0.4, 0.5) is 0 Å². The fraction of sp³-hybridized carbons (Fsp3) is 0.0500. The monoisotopic (exact) mass is 331 g/mol. The number of nitrogens with zero attached hydrogens (tertiary/aromatic N) is 3. The summed E-state index contributed by atoms with van der Waals surface area (Å²) in [7, 11) is 0. The second kappa shape index (κ2) is 6.02. The fourth-order valence-electron chi connectivity index (χ4n) is 2.72. The Kier molecular flexibility index (Phi) is 3.71. The molecule has 0 unspecified atom stereocenters. The highest BCUT2D eigenvalue weighted by Crippen LogP contribution is 2.31. The van der Waals surface area contributed by atoms with E-state index < -0.39 is 0 Å². The van der Waals surface area contributed by atoms with Gasteiger partial charge in [0.1, 0.15) is 5.69 Å². The van der Waals surface area contributed by atoms with Crippen LogP contribution < -0.4 is 0 Å². The van der Waals surface area contributed by atoms with Crippen LogP contribution in [0, 0.1) is 6.92 Å². The number of halogens is 1. The summed E-state index contributed by atoms with van der Waals surface area (Å²) in [5, 5.41) is 1.55. The Labute approximate surface area is 145 Å². The zero-order chi connectivity index (χ0) is 16.5. The number of aromatic nitrogens is 3. The first-order valence-electron chi connectivity index (χ1n) is 7.68. The van der Waals surface area contributed by atoms with Gasteiger partial charge in [-0.2, -0.15) is 0 Å². The molecule has 0 aliphatic rings. The molecule has 4 heteroatoms. The van der Waals surface area contributed by atoms with E-state index in [-0.39, 0.29) is 0 Å². The van der Waals surface area contributed by atoms with E-state index >= 15 is 0 Å². The van der Waals surface area contributed by atoms with E-state index in [1.807, 2.05) is 73.7 Å². The molecule has 0 amide bonds. The van der Waals surface area contributed by atoms with Crippen LogP contribution in [0.25, 0.3) is 33.7 Å². The molecule has 0 saturated heterocycles. The summed E-state index contributed by atoms with van der Waals surface area (Å²) in [6.45, 7) is 1.95. The molecule has 3 nitrogen and oxygen atoms in total. The highest BCUT2D eigenvalue weighted by atomic mass is 35.5. The third-order valence-corrected chi connectivity index (χ3v) is 4.15. The second-order valence-corrected chi connectivity index (χ2v) is 5.97. The molecule has 0 saturated carbocycles. The highest BCUT2D eigenvalue weighted by molar-refractivity contribution is 6.35. The minimum absolute atomic E-state index is 0.582. The van der Waals surface area contributed by atoms with Crippen LogP contribution in [0.2, 0.25) is 5.02 Å². The smallest absolute Gasteiger partial charge is 0.179 e. The summed E-state index contributed by atoms with van der Waals surface area (Å²) in [5.41, 5.74) is 4.31. The maximum atomic E-state index is 6.40. The molecule has 4 aromatic rings. The van der Waals surface area contributed by atoms with Gasteiger partial charge in [-0.1, -0.05) is 60.1 Å². The lowest BCUT2D eigenvalue weighted by atomic mass is 10.1. The van der Waals surface area contributed by atoms with Crippen molar-refractivity contribution >= 4 is 22.5 Å². The van der Waals surface area contributed by atoms with Crippen LogP contribution >= 0.6 is 11.6 Å². The van der Waals surface area contributed by atoms with Crippen molar-refractivity contribution in [3.8, 4) is 22.8 Å². The van der Waals surface area contributed by atoms with Crippen molar-refractivity contribution in [3.05, 3.63) is 77.4 Å². The van der Waals surface area contributed by atoms with Gasteiger partial charge in [0.15, 0.2) is 5.82 Å². The maximum absolute atomic E-state index is 6.40. The molecule has 0 spiro atoms. The Morgan fingerprint density at radius 1 is 0.750 bits per heavy atom. The van der Waals surface area contributed by atoms with Crippen LogP contribution in [0.3, 0.4) is 0 Å². The van der Waals surface area contributed by atoms with E-state index in [2.05, 4.69) is 9.97 Å². The molecule has 24 heavy (non-hydrogen) atoms. The molecule has 2 aromatic heterocycles. The van der Waals surface area contributed by atoms with E-state index in [0.717, 1.165) is 33.5 Å². The summed E-state index contributed by atoms with van der Waals surface area (Å²) < 4.78 is 0. The quantitative estimate of drug-likeness (QED) is 0.499. The van der Waals surface area contributed by atoms with E-state index in [1.165, 1.54) is 0 Å². The summed E-state index contributed by atoms with van der Waals surface area (Å²) in [4.78, 5) is 14.0. The molecule has 0 radical (unpaired) electrons. The standard InChI is InChI=1S/C20H14ClN3/c1-13-7-5-12-17(22-13)20-23-18(14-8-3-2-4-9-14)15-10-6-11-16(21)19(15)24-20/h2-12H,1H3. The Bertz CT molecular complexity index is 1030. The average molecular weight is 332 g/mol. The second-order valence-electron chi connectivity index (χ2n) is 5.56. The number of fused-ring (bicyclic) bond motifs is 1. The van der Waals surface area contributed by atoms with Gasteiger partial charge in [-0.05, 0) is 25.1 Å². The number of rotatable bonds is 2. The van der Waals surface area contributed by atoms with Crippen molar-refractivity contribution in [3.63, 3.8) is 0 Å². The van der Waals surface area contributed by atoms with E-state index in [1.54, 1.807) is 0 Å². The van der Waals surface area contributed by atoms with Crippen molar-refractivity contribution in [2.45, 2.75) is 6.92 Å². The molecule has 0 aliphatic heterocycles. The predicted molar refractivity (Wildman–Crippen MR) is 98.0 cm³/mol. The summed E-state index contributed by atoms with van der Waals surface area (Å²) >= 11 is 6.40. The average Bonchev–Trinajstić information content (AvgIpc) is 2.62. The number of hydrogen-bond donors (Lipinski definition) is 0. The van der Waals surface area contributed by atoms with Crippen molar-refractivity contribution in [1.29, 1.82) is 0 Å². The molecule has 0 N–H and O–H groups in total. The fourth-order valence-corrected chi connectivity index (χ4v) is 2.93. The number of benzene rings is 2. The van der Waals surface area contributed by atoms with Gasteiger partial charge in [0.25, 0.3) is 0 Å². The number of hydrogen-bond acceptors (Lipinski definition) is 3. The molecule has 2 heterocycles. The van der Waals surface area contributed by atoms with E-state index in [4.69, 9.17) is 16.6 Å². The first-order chi connectivity index (χ1) is 11.7. The maximum Gasteiger partial charge on any atom is 0.179 e. The Morgan fingerprint density at radius 3 is 2.33 bits per heavy atom. The van der Waals surface area contributed by atoms with Gasteiger partial charge in [-0.25, -0.2) is 15.0 Å². The van der Waals surface area contributed by atoms with Crippen LogP contribution in [-0.2, 0) is 0 Å². The number of pyridine rings is 1. The van der Waals surface area contributed by atoms with Crippen LogP contribution in [-0.4, -0.2) is 15.0 Å². The topological polar surface area (TPSA) is 38.7 Å². The molecule has 0 aliphatic carbocycles. The van der Waals surface area contributed by atoms with Gasteiger partial charge >= 0.3 is 0 Å². The van der Waals surface area contributed by atoms with Crippen molar-refractivity contribution in [2.75, 3.05) is 0 Å². The third kappa shape index (κ3) is 2.63. The number of aryl methyl sites for hydroxylation is 1. The van der Waals surface area contributed by atoms with Crippen molar-refractivity contribution in [1.82, 2.24) is 15.0 Å². The van der Waals surface area contributed by atoms with E-state index in [9.17, 15) is 0 Å². The lowest BCUT2D eigenvalue weighted by Crippen LogP contribution is -1.97. The Hall–Kier alpha value is -2.78. The lowest BCUT2D eigenvalue weighted by molar-refractivity contribution is 1.14. The van der Waals surface area contributed by atoms with Gasteiger partial charge in [-0.3, -0.25) is 0 Å². The highest BCUT2D eigenvalue weighted by Gasteiger charge is 2.13. The largest absolute Gasteiger partial charge is 0.250 e. The molecule has 4 rings (SSSR count). The third-order valence-electron chi connectivity index (χ3n) is 3.84. The summed E-state index contributed by atoms with van der Waals surface area (Å²) in [6.07, 6.45) is 0. The van der Waals surface area contributed by atoms with Gasteiger partial charge in [0.05, 0.1) is 16.2 Å². The van der Waals surface area contributed by atoms with Gasteiger partial charge in [-0.15, -0.1) is 0 Å². The number of para-hydroxylation sites is 1. The first kappa shape index (κ1) is 14.8. The van der Waals surface area contributed by atoms with Crippen LogP contribution in [0.5, 0.6) is 0 Å². The van der Waals surface area contributed by atoms with Crippen LogP contribution in [0.1, 0.15) is 5.69 Å². The normalized spacial score (nSPS) is 10.9. The van der Waals surface area contributed by atoms with E-state index in [0.29, 0.717) is 10.8 Å². The zero-order valence-corrected chi connectivity index (χ0v) is 13.8.